The van der Waals surface area contributed by atoms with Gasteiger partial charge in [-0.25, -0.2) is 4.79 Å². The molecule has 0 saturated carbocycles. The summed E-state index contributed by atoms with van der Waals surface area (Å²) in [6, 6.07) is 7.11. The van der Waals surface area contributed by atoms with E-state index in [0.29, 0.717) is 5.02 Å². The molecule has 2 atom stereocenters. The van der Waals surface area contributed by atoms with E-state index >= 15 is 0 Å². The number of carbonyl (C=O) groups excluding carboxylic acids is 1. The van der Waals surface area contributed by atoms with Crippen LogP contribution < -0.4 is 5.32 Å². The van der Waals surface area contributed by atoms with Crippen molar-refractivity contribution < 1.29 is 19.4 Å². The summed E-state index contributed by atoms with van der Waals surface area (Å²) < 4.78 is 4.79. The number of halogens is 1. The Bertz CT molecular complexity index is 504. The predicted octanol–water partition coefficient (Wildman–Crippen LogP) is 2.30. The van der Waals surface area contributed by atoms with E-state index in [4.69, 9.17) is 21.4 Å². The number of amides is 1. The number of carboxylic acids is 1. The Labute approximate surface area is 129 Å². The highest BCUT2D eigenvalue weighted by molar-refractivity contribution is 6.30. The monoisotopic (exact) mass is 313 g/mol. The van der Waals surface area contributed by atoms with Gasteiger partial charge < -0.3 is 15.2 Å². The molecule has 1 amide bonds. The summed E-state index contributed by atoms with van der Waals surface area (Å²) in [7, 11) is 1.29. The van der Waals surface area contributed by atoms with Crippen molar-refractivity contribution in [3.8, 4) is 0 Å². The van der Waals surface area contributed by atoms with E-state index in [1.165, 1.54) is 7.11 Å². The third-order valence-electron chi connectivity index (χ3n) is 3.18. The lowest BCUT2D eigenvalue weighted by atomic mass is 9.87. The standard InChI is InChI=1S/C15H20ClNO4/c1-9(2)13(10-5-4-6-11(16)7-10)14(18)17-8-12(21-3)15(19)20/h4-7,9,12-13H,8H2,1-3H3,(H,17,18)(H,19,20). The predicted molar refractivity (Wildman–Crippen MR) is 80.5 cm³/mol. The summed E-state index contributed by atoms with van der Waals surface area (Å²) in [6.07, 6.45) is -1.05. The molecule has 2 unspecified atom stereocenters. The van der Waals surface area contributed by atoms with Crippen LogP contribution in [0.1, 0.15) is 25.3 Å². The van der Waals surface area contributed by atoms with Crippen molar-refractivity contribution >= 4 is 23.5 Å². The smallest absolute Gasteiger partial charge is 0.334 e. The van der Waals surface area contributed by atoms with Gasteiger partial charge in [-0.2, -0.15) is 0 Å². The number of methoxy groups -OCH3 is 1. The summed E-state index contributed by atoms with van der Waals surface area (Å²) in [5, 5.41) is 12.1. The van der Waals surface area contributed by atoms with Gasteiger partial charge >= 0.3 is 5.97 Å². The quantitative estimate of drug-likeness (QED) is 0.810. The van der Waals surface area contributed by atoms with Gasteiger partial charge in [0.1, 0.15) is 0 Å². The van der Waals surface area contributed by atoms with Crippen molar-refractivity contribution in [2.75, 3.05) is 13.7 Å². The third-order valence-corrected chi connectivity index (χ3v) is 3.41. The molecule has 0 spiro atoms. The van der Waals surface area contributed by atoms with Gasteiger partial charge in [0, 0.05) is 12.1 Å². The molecule has 0 aliphatic carbocycles. The van der Waals surface area contributed by atoms with Crippen LogP contribution in [0.5, 0.6) is 0 Å². The molecule has 0 bridgehead atoms. The van der Waals surface area contributed by atoms with E-state index in [2.05, 4.69) is 5.32 Å². The van der Waals surface area contributed by atoms with Gasteiger partial charge in [0.25, 0.3) is 0 Å². The number of carboxylic acid groups (broad SMARTS) is 1. The Balaban J connectivity index is 2.82. The first kappa shape index (κ1) is 17.5. The molecule has 2 N–H and O–H groups in total. The molecule has 0 saturated heterocycles. The van der Waals surface area contributed by atoms with Crippen LogP contribution >= 0.6 is 11.6 Å². The van der Waals surface area contributed by atoms with Crippen molar-refractivity contribution in [2.45, 2.75) is 25.9 Å². The average Bonchev–Trinajstić information content (AvgIpc) is 2.38. The maximum atomic E-state index is 12.3. The number of hydrogen-bond acceptors (Lipinski definition) is 3. The second-order valence-corrected chi connectivity index (χ2v) is 5.52. The molecular formula is C15H20ClNO4. The van der Waals surface area contributed by atoms with Crippen molar-refractivity contribution in [1.82, 2.24) is 5.32 Å². The van der Waals surface area contributed by atoms with Crippen molar-refractivity contribution in [3.05, 3.63) is 34.9 Å². The second kappa shape index (κ2) is 8.00. The fraction of sp³-hybridized carbons (Fsp3) is 0.467. The molecule has 0 aliphatic heterocycles. The first-order valence-corrected chi connectivity index (χ1v) is 7.03. The molecule has 21 heavy (non-hydrogen) atoms. The summed E-state index contributed by atoms with van der Waals surface area (Å²) in [5.41, 5.74) is 0.805. The highest BCUT2D eigenvalue weighted by atomic mass is 35.5. The van der Waals surface area contributed by atoms with Gasteiger partial charge in [-0.1, -0.05) is 37.6 Å². The van der Waals surface area contributed by atoms with E-state index in [9.17, 15) is 9.59 Å². The molecule has 0 heterocycles. The highest BCUT2D eigenvalue weighted by Crippen LogP contribution is 2.26. The zero-order valence-corrected chi connectivity index (χ0v) is 13.1. The minimum Gasteiger partial charge on any atom is -0.479 e. The van der Waals surface area contributed by atoms with Crippen LogP contribution in [0, 0.1) is 5.92 Å². The normalized spacial score (nSPS) is 13.8. The van der Waals surface area contributed by atoms with Crippen LogP contribution in [-0.2, 0) is 14.3 Å². The summed E-state index contributed by atoms with van der Waals surface area (Å²) in [6.45, 7) is 3.78. The maximum absolute atomic E-state index is 12.3. The lowest BCUT2D eigenvalue weighted by Gasteiger charge is -2.22. The van der Waals surface area contributed by atoms with Gasteiger partial charge in [-0.05, 0) is 23.6 Å². The Hall–Kier alpha value is -1.59. The number of rotatable bonds is 7. The molecule has 116 valence electrons. The lowest BCUT2D eigenvalue weighted by molar-refractivity contribution is -0.148. The summed E-state index contributed by atoms with van der Waals surface area (Å²) in [4.78, 5) is 23.2. The molecule has 0 aromatic heterocycles. The summed E-state index contributed by atoms with van der Waals surface area (Å²) in [5.74, 6) is -1.69. The van der Waals surface area contributed by atoms with Gasteiger partial charge in [0.2, 0.25) is 5.91 Å². The lowest BCUT2D eigenvalue weighted by Crippen LogP contribution is -2.40. The minimum atomic E-state index is -1.11. The van der Waals surface area contributed by atoms with Crippen LogP contribution in [0.15, 0.2) is 24.3 Å². The van der Waals surface area contributed by atoms with Crippen molar-refractivity contribution in [3.63, 3.8) is 0 Å². The molecular weight excluding hydrogens is 294 g/mol. The number of carbonyl (C=O) groups is 2. The molecule has 1 aromatic carbocycles. The number of hydrogen-bond donors (Lipinski definition) is 2. The Morgan fingerprint density at radius 3 is 2.52 bits per heavy atom. The molecule has 0 radical (unpaired) electrons. The molecule has 1 rings (SSSR count). The zero-order valence-electron chi connectivity index (χ0n) is 12.3. The maximum Gasteiger partial charge on any atom is 0.334 e. The number of benzene rings is 1. The number of ether oxygens (including phenoxy) is 1. The highest BCUT2D eigenvalue weighted by Gasteiger charge is 2.26. The molecule has 6 heteroatoms. The van der Waals surface area contributed by atoms with Gasteiger partial charge in [-0.3, -0.25) is 4.79 Å². The van der Waals surface area contributed by atoms with Gasteiger partial charge in [0.05, 0.1) is 12.5 Å². The zero-order chi connectivity index (χ0) is 16.0. The average molecular weight is 314 g/mol. The molecule has 0 aliphatic rings. The first-order chi connectivity index (χ1) is 9.86. The van der Waals surface area contributed by atoms with E-state index in [0.717, 1.165) is 5.56 Å². The van der Waals surface area contributed by atoms with E-state index in [-0.39, 0.29) is 18.4 Å². The van der Waals surface area contributed by atoms with Crippen molar-refractivity contribution in [2.24, 2.45) is 5.92 Å². The van der Waals surface area contributed by atoms with Crippen LogP contribution in [0.25, 0.3) is 0 Å². The Morgan fingerprint density at radius 2 is 2.05 bits per heavy atom. The fourth-order valence-electron chi connectivity index (χ4n) is 2.11. The van der Waals surface area contributed by atoms with Crippen molar-refractivity contribution in [1.29, 1.82) is 0 Å². The van der Waals surface area contributed by atoms with Crippen LogP contribution in [0.3, 0.4) is 0 Å². The van der Waals surface area contributed by atoms with Crippen LogP contribution in [0.4, 0.5) is 0 Å². The van der Waals surface area contributed by atoms with Gasteiger partial charge in [-0.15, -0.1) is 0 Å². The fourth-order valence-corrected chi connectivity index (χ4v) is 2.31. The summed E-state index contributed by atoms with van der Waals surface area (Å²) >= 11 is 5.96. The first-order valence-electron chi connectivity index (χ1n) is 6.65. The van der Waals surface area contributed by atoms with Crippen LogP contribution in [0.2, 0.25) is 5.02 Å². The number of nitrogens with one attached hydrogen (secondary N) is 1. The second-order valence-electron chi connectivity index (χ2n) is 5.08. The largest absolute Gasteiger partial charge is 0.479 e. The molecule has 1 aromatic rings. The molecule has 5 nitrogen and oxygen atoms in total. The SMILES string of the molecule is COC(CNC(=O)C(c1cccc(Cl)c1)C(C)C)C(=O)O. The minimum absolute atomic E-state index is 0.0503. The van der Waals surface area contributed by atoms with E-state index in [1.54, 1.807) is 18.2 Å². The topological polar surface area (TPSA) is 75.6 Å². The Kier molecular flexibility index (Phi) is 6.65. The molecule has 0 fully saturated rings. The Morgan fingerprint density at radius 1 is 1.38 bits per heavy atom. The van der Waals surface area contributed by atoms with Gasteiger partial charge in [0.15, 0.2) is 6.10 Å². The van der Waals surface area contributed by atoms with E-state index in [1.807, 2.05) is 19.9 Å². The number of aliphatic carboxylic acids is 1. The van der Waals surface area contributed by atoms with Crippen LogP contribution in [-0.4, -0.2) is 36.7 Å². The van der Waals surface area contributed by atoms with E-state index < -0.39 is 18.0 Å². The third kappa shape index (κ3) is 5.02.